The van der Waals surface area contributed by atoms with Gasteiger partial charge in [0.1, 0.15) is 6.33 Å². The maximum atomic E-state index is 6.06. The van der Waals surface area contributed by atoms with Gasteiger partial charge in [0.2, 0.25) is 5.28 Å². The van der Waals surface area contributed by atoms with Crippen LogP contribution in [-0.2, 0) is 0 Å². The van der Waals surface area contributed by atoms with Crippen molar-refractivity contribution in [3.05, 3.63) is 40.4 Å². The molecule has 0 unspecified atom stereocenters. The lowest BCUT2D eigenvalue weighted by Gasteiger charge is -2.05. The molecule has 0 aliphatic rings. The molecule has 0 saturated heterocycles. The Balaban J connectivity index is 2.58. The number of hydrogen-bond acceptors (Lipinski definition) is 2. The van der Waals surface area contributed by atoms with Crippen LogP contribution in [0.5, 0.6) is 0 Å². The van der Waals surface area contributed by atoms with Crippen molar-refractivity contribution in [1.82, 2.24) is 14.8 Å². The maximum absolute atomic E-state index is 6.06. The third kappa shape index (κ3) is 1.61. The van der Waals surface area contributed by atoms with E-state index in [0.29, 0.717) is 10.3 Å². The Morgan fingerprint density at radius 2 is 2.07 bits per heavy atom. The van der Waals surface area contributed by atoms with Gasteiger partial charge in [-0.15, -0.1) is 10.2 Å². The van der Waals surface area contributed by atoms with Crippen molar-refractivity contribution in [2.24, 2.45) is 0 Å². The van der Waals surface area contributed by atoms with Crippen molar-refractivity contribution in [1.29, 1.82) is 0 Å². The second-order valence-corrected chi connectivity index (χ2v) is 3.67. The fraction of sp³-hybridized carbons (Fsp3) is 0.111. The van der Waals surface area contributed by atoms with Crippen LogP contribution in [0.3, 0.4) is 0 Å². The molecule has 1 heterocycles. The van der Waals surface area contributed by atoms with Gasteiger partial charge < -0.3 is 0 Å². The molecule has 0 amide bonds. The first-order valence-electron chi connectivity index (χ1n) is 4.00. The third-order valence-corrected chi connectivity index (χ3v) is 2.43. The Morgan fingerprint density at radius 1 is 1.29 bits per heavy atom. The summed E-state index contributed by atoms with van der Waals surface area (Å²) >= 11 is 11.9. The lowest BCUT2D eigenvalue weighted by atomic mass is 10.2. The second kappa shape index (κ2) is 3.59. The third-order valence-electron chi connectivity index (χ3n) is 1.87. The van der Waals surface area contributed by atoms with E-state index in [9.17, 15) is 0 Å². The summed E-state index contributed by atoms with van der Waals surface area (Å²) in [5.41, 5.74) is 1.88. The van der Waals surface area contributed by atoms with Crippen molar-refractivity contribution in [3.63, 3.8) is 0 Å². The molecule has 0 saturated carbocycles. The number of nitrogens with zero attached hydrogens (tertiary/aromatic N) is 3. The number of rotatable bonds is 1. The van der Waals surface area contributed by atoms with Crippen LogP contribution in [-0.4, -0.2) is 14.8 Å². The van der Waals surface area contributed by atoms with Crippen LogP contribution in [0.25, 0.3) is 5.69 Å². The molecule has 14 heavy (non-hydrogen) atoms. The number of hydrogen-bond donors (Lipinski definition) is 0. The summed E-state index contributed by atoms with van der Waals surface area (Å²) in [4.78, 5) is 0. The second-order valence-electron chi connectivity index (χ2n) is 2.92. The minimum atomic E-state index is 0.302. The fourth-order valence-electron chi connectivity index (χ4n) is 1.19. The zero-order valence-electron chi connectivity index (χ0n) is 7.41. The average molecular weight is 228 g/mol. The van der Waals surface area contributed by atoms with E-state index < -0.39 is 0 Å². The fourth-order valence-corrected chi connectivity index (χ4v) is 1.69. The SMILES string of the molecule is Cc1ccc(-n2cnnc2Cl)c(Cl)c1. The number of aryl methyl sites for hydroxylation is 1. The maximum Gasteiger partial charge on any atom is 0.229 e. The van der Waals surface area contributed by atoms with Gasteiger partial charge in [-0.3, -0.25) is 4.57 Å². The molecule has 0 spiro atoms. The molecule has 2 aromatic rings. The molecule has 72 valence electrons. The van der Waals surface area contributed by atoms with Gasteiger partial charge in [-0.2, -0.15) is 0 Å². The number of benzene rings is 1. The van der Waals surface area contributed by atoms with E-state index in [1.807, 2.05) is 25.1 Å². The molecule has 5 heteroatoms. The average Bonchev–Trinajstić information content (AvgIpc) is 2.52. The quantitative estimate of drug-likeness (QED) is 0.751. The molecule has 0 bridgehead atoms. The van der Waals surface area contributed by atoms with E-state index >= 15 is 0 Å². The normalized spacial score (nSPS) is 10.5. The van der Waals surface area contributed by atoms with Crippen LogP contribution in [0.15, 0.2) is 24.5 Å². The summed E-state index contributed by atoms with van der Waals surface area (Å²) in [6.45, 7) is 1.98. The van der Waals surface area contributed by atoms with Gasteiger partial charge >= 0.3 is 0 Å². The van der Waals surface area contributed by atoms with Crippen LogP contribution in [0, 0.1) is 6.92 Å². The van der Waals surface area contributed by atoms with Crippen LogP contribution in [0.1, 0.15) is 5.56 Å². The largest absolute Gasteiger partial charge is 0.271 e. The van der Waals surface area contributed by atoms with Gasteiger partial charge in [0.15, 0.2) is 0 Å². The molecule has 0 atom stereocenters. The molecule has 0 N–H and O–H groups in total. The zero-order chi connectivity index (χ0) is 10.1. The molecule has 0 aliphatic heterocycles. The highest BCUT2D eigenvalue weighted by atomic mass is 35.5. The molecule has 0 aliphatic carbocycles. The summed E-state index contributed by atoms with van der Waals surface area (Å²) in [5, 5.41) is 8.29. The molecule has 2 rings (SSSR count). The summed E-state index contributed by atoms with van der Waals surface area (Å²) in [6, 6.07) is 5.71. The number of aromatic nitrogens is 3. The van der Waals surface area contributed by atoms with E-state index in [2.05, 4.69) is 10.2 Å². The van der Waals surface area contributed by atoms with E-state index in [-0.39, 0.29) is 0 Å². The van der Waals surface area contributed by atoms with Gasteiger partial charge in [0.25, 0.3) is 0 Å². The first kappa shape index (κ1) is 9.49. The van der Waals surface area contributed by atoms with Gasteiger partial charge in [-0.25, -0.2) is 0 Å². The highest BCUT2D eigenvalue weighted by Gasteiger charge is 2.06. The molecular weight excluding hydrogens is 221 g/mol. The first-order valence-corrected chi connectivity index (χ1v) is 4.76. The summed E-state index contributed by atoms with van der Waals surface area (Å²) in [5.74, 6) is 0. The summed E-state index contributed by atoms with van der Waals surface area (Å²) in [6.07, 6.45) is 1.53. The van der Waals surface area contributed by atoms with Crippen molar-refractivity contribution in [2.45, 2.75) is 6.92 Å². The van der Waals surface area contributed by atoms with Gasteiger partial charge in [-0.05, 0) is 36.2 Å². The Labute approximate surface area is 91.3 Å². The summed E-state index contributed by atoms with van der Waals surface area (Å²) < 4.78 is 1.63. The minimum absolute atomic E-state index is 0.302. The smallest absolute Gasteiger partial charge is 0.229 e. The Bertz CT molecular complexity index is 465. The Hall–Kier alpha value is -1.06. The molecule has 0 radical (unpaired) electrons. The van der Waals surface area contributed by atoms with Crippen LogP contribution >= 0.6 is 23.2 Å². The van der Waals surface area contributed by atoms with Gasteiger partial charge in [-0.1, -0.05) is 17.7 Å². The minimum Gasteiger partial charge on any atom is -0.271 e. The topological polar surface area (TPSA) is 30.7 Å². The first-order chi connectivity index (χ1) is 6.68. The van der Waals surface area contributed by atoms with Crippen molar-refractivity contribution in [3.8, 4) is 5.69 Å². The van der Waals surface area contributed by atoms with Crippen LogP contribution in [0.4, 0.5) is 0 Å². The lowest BCUT2D eigenvalue weighted by molar-refractivity contribution is 1.05. The molecule has 0 fully saturated rings. The standard InChI is InChI=1S/C9H7Cl2N3/c1-6-2-3-8(7(10)4-6)14-5-12-13-9(14)11/h2-5H,1H3. The predicted octanol–water partition coefficient (Wildman–Crippen LogP) is 2.88. The van der Waals surface area contributed by atoms with Crippen LogP contribution in [0.2, 0.25) is 10.3 Å². The zero-order valence-corrected chi connectivity index (χ0v) is 8.92. The van der Waals surface area contributed by atoms with E-state index in [1.54, 1.807) is 4.57 Å². The monoisotopic (exact) mass is 227 g/mol. The molecular formula is C9H7Cl2N3. The predicted molar refractivity (Wildman–Crippen MR) is 56.1 cm³/mol. The van der Waals surface area contributed by atoms with Crippen molar-refractivity contribution in [2.75, 3.05) is 0 Å². The van der Waals surface area contributed by atoms with Gasteiger partial charge in [0, 0.05) is 0 Å². The van der Waals surface area contributed by atoms with Crippen molar-refractivity contribution < 1.29 is 0 Å². The van der Waals surface area contributed by atoms with E-state index in [4.69, 9.17) is 23.2 Å². The molecule has 1 aromatic carbocycles. The Kier molecular flexibility index (Phi) is 2.44. The highest BCUT2D eigenvalue weighted by Crippen LogP contribution is 2.23. The summed E-state index contributed by atoms with van der Waals surface area (Å²) in [7, 11) is 0. The van der Waals surface area contributed by atoms with E-state index in [0.717, 1.165) is 11.3 Å². The van der Waals surface area contributed by atoms with Crippen LogP contribution < -0.4 is 0 Å². The number of halogens is 2. The highest BCUT2D eigenvalue weighted by molar-refractivity contribution is 6.33. The van der Waals surface area contributed by atoms with Crippen molar-refractivity contribution >= 4 is 23.2 Å². The van der Waals surface area contributed by atoms with Gasteiger partial charge in [0.05, 0.1) is 10.7 Å². The lowest BCUT2D eigenvalue weighted by Crippen LogP contribution is -1.93. The molecule has 3 nitrogen and oxygen atoms in total. The van der Waals surface area contributed by atoms with E-state index in [1.165, 1.54) is 6.33 Å². The Morgan fingerprint density at radius 3 is 2.64 bits per heavy atom. The molecule has 1 aromatic heterocycles.